The summed E-state index contributed by atoms with van der Waals surface area (Å²) in [5.74, 6) is -1.49. The maximum Gasteiger partial charge on any atom is 0.273 e. The summed E-state index contributed by atoms with van der Waals surface area (Å²) in [5, 5.41) is 15.2. The molecular weight excluding hydrogens is 406 g/mol. The van der Waals surface area contributed by atoms with Crippen LogP contribution in [0.2, 0.25) is 0 Å². The summed E-state index contributed by atoms with van der Waals surface area (Å²) in [6, 6.07) is 14.1. The standard InChI is InChI=1S/C22H18F2N4O3/c23-17-6-2-15(3-7-17)13-26-21(29)20-12-19(31-27-20)14-28(11-1-10-25)22(30)16-4-8-18(24)9-5-16/h2-9,12H,1,11,13-14H2,(H,26,29). The van der Waals surface area contributed by atoms with E-state index in [0.717, 1.165) is 0 Å². The highest BCUT2D eigenvalue weighted by Crippen LogP contribution is 2.13. The van der Waals surface area contributed by atoms with E-state index in [4.69, 9.17) is 9.78 Å². The first-order valence-electron chi connectivity index (χ1n) is 9.36. The lowest BCUT2D eigenvalue weighted by Gasteiger charge is -2.20. The molecule has 0 spiro atoms. The summed E-state index contributed by atoms with van der Waals surface area (Å²) < 4.78 is 31.2. The van der Waals surface area contributed by atoms with Gasteiger partial charge < -0.3 is 14.7 Å². The Morgan fingerprint density at radius 2 is 1.71 bits per heavy atom. The molecule has 3 rings (SSSR count). The first-order chi connectivity index (χ1) is 15.0. The molecule has 31 heavy (non-hydrogen) atoms. The Balaban J connectivity index is 1.65. The Labute approximate surface area is 176 Å². The Morgan fingerprint density at radius 1 is 1.06 bits per heavy atom. The molecule has 1 heterocycles. The Hall–Kier alpha value is -4.06. The van der Waals surface area contributed by atoms with Gasteiger partial charge >= 0.3 is 0 Å². The third-order valence-corrected chi connectivity index (χ3v) is 4.38. The average molecular weight is 424 g/mol. The largest absolute Gasteiger partial charge is 0.359 e. The van der Waals surface area contributed by atoms with E-state index in [0.29, 0.717) is 5.56 Å². The van der Waals surface area contributed by atoms with Crippen LogP contribution in [0.3, 0.4) is 0 Å². The lowest BCUT2D eigenvalue weighted by molar-refractivity contribution is 0.0730. The first-order valence-corrected chi connectivity index (χ1v) is 9.36. The number of carbonyl (C=O) groups excluding carboxylic acids is 2. The number of rotatable bonds is 8. The van der Waals surface area contributed by atoms with Crippen molar-refractivity contribution >= 4 is 11.8 Å². The monoisotopic (exact) mass is 424 g/mol. The molecule has 7 nitrogen and oxygen atoms in total. The summed E-state index contributed by atoms with van der Waals surface area (Å²) >= 11 is 0. The van der Waals surface area contributed by atoms with Gasteiger partial charge in [-0.05, 0) is 42.0 Å². The molecule has 0 radical (unpaired) electrons. The molecular formula is C22H18F2N4O3. The zero-order chi connectivity index (χ0) is 22.2. The van der Waals surface area contributed by atoms with Crippen molar-refractivity contribution in [1.29, 1.82) is 5.26 Å². The third-order valence-electron chi connectivity index (χ3n) is 4.38. The molecule has 0 aliphatic heterocycles. The lowest BCUT2D eigenvalue weighted by atomic mass is 10.2. The molecule has 2 amide bonds. The van der Waals surface area contributed by atoms with Crippen molar-refractivity contribution in [2.45, 2.75) is 19.5 Å². The van der Waals surface area contributed by atoms with Gasteiger partial charge in [0.25, 0.3) is 11.8 Å². The number of nitrogens with zero attached hydrogens (tertiary/aromatic N) is 3. The molecule has 0 bridgehead atoms. The van der Waals surface area contributed by atoms with Crippen LogP contribution in [-0.2, 0) is 13.1 Å². The molecule has 9 heteroatoms. The fourth-order valence-electron chi connectivity index (χ4n) is 2.77. The number of hydrogen-bond donors (Lipinski definition) is 1. The summed E-state index contributed by atoms with van der Waals surface area (Å²) in [7, 11) is 0. The van der Waals surface area contributed by atoms with Crippen LogP contribution in [0.1, 0.15) is 38.6 Å². The van der Waals surface area contributed by atoms with E-state index in [2.05, 4.69) is 10.5 Å². The minimum Gasteiger partial charge on any atom is -0.359 e. The van der Waals surface area contributed by atoms with Crippen LogP contribution in [0.25, 0.3) is 0 Å². The van der Waals surface area contributed by atoms with Gasteiger partial charge in [-0.1, -0.05) is 17.3 Å². The fraction of sp³-hybridized carbons (Fsp3) is 0.182. The van der Waals surface area contributed by atoms with Gasteiger partial charge in [-0.3, -0.25) is 9.59 Å². The second kappa shape index (κ2) is 10.1. The van der Waals surface area contributed by atoms with E-state index in [-0.39, 0.29) is 48.9 Å². The molecule has 0 aliphatic rings. The minimum absolute atomic E-state index is 0.0177. The Kier molecular flexibility index (Phi) is 7.06. The van der Waals surface area contributed by atoms with Crippen LogP contribution in [-0.4, -0.2) is 28.4 Å². The quantitative estimate of drug-likeness (QED) is 0.597. The third kappa shape index (κ3) is 5.96. The van der Waals surface area contributed by atoms with Crippen LogP contribution in [0.4, 0.5) is 8.78 Å². The van der Waals surface area contributed by atoms with E-state index < -0.39 is 17.6 Å². The predicted octanol–water partition coefficient (Wildman–Crippen LogP) is 3.44. The summed E-state index contributed by atoms with van der Waals surface area (Å²) in [6.45, 7) is 0.286. The predicted molar refractivity (Wildman–Crippen MR) is 105 cm³/mol. The molecule has 2 aromatic carbocycles. The smallest absolute Gasteiger partial charge is 0.273 e. The number of nitrogens with one attached hydrogen (secondary N) is 1. The fourth-order valence-corrected chi connectivity index (χ4v) is 2.77. The molecule has 158 valence electrons. The summed E-state index contributed by atoms with van der Waals surface area (Å²) in [4.78, 5) is 26.4. The summed E-state index contributed by atoms with van der Waals surface area (Å²) in [5.41, 5.74) is 0.994. The highest BCUT2D eigenvalue weighted by atomic mass is 19.1. The van der Waals surface area contributed by atoms with Gasteiger partial charge in [0.2, 0.25) is 0 Å². The van der Waals surface area contributed by atoms with Crippen molar-refractivity contribution in [2.24, 2.45) is 0 Å². The van der Waals surface area contributed by atoms with E-state index in [9.17, 15) is 18.4 Å². The van der Waals surface area contributed by atoms with Crippen molar-refractivity contribution in [3.8, 4) is 6.07 Å². The van der Waals surface area contributed by atoms with Crippen LogP contribution in [0.5, 0.6) is 0 Å². The molecule has 1 N–H and O–H groups in total. The number of halogens is 2. The van der Waals surface area contributed by atoms with Crippen LogP contribution < -0.4 is 5.32 Å². The van der Waals surface area contributed by atoms with Crippen molar-refractivity contribution in [3.05, 3.63) is 88.8 Å². The maximum atomic E-state index is 13.1. The minimum atomic E-state index is -0.493. The van der Waals surface area contributed by atoms with E-state index in [1.165, 1.54) is 47.4 Å². The molecule has 0 saturated carbocycles. The number of nitriles is 1. The zero-order valence-electron chi connectivity index (χ0n) is 16.3. The molecule has 0 fully saturated rings. The maximum absolute atomic E-state index is 13.1. The highest BCUT2D eigenvalue weighted by Gasteiger charge is 2.20. The van der Waals surface area contributed by atoms with Gasteiger partial charge in [-0.2, -0.15) is 5.26 Å². The van der Waals surface area contributed by atoms with Gasteiger partial charge in [0.1, 0.15) is 11.6 Å². The van der Waals surface area contributed by atoms with Crippen molar-refractivity contribution in [3.63, 3.8) is 0 Å². The Morgan fingerprint density at radius 3 is 2.35 bits per heavy atom. The second-order valence-corrected chi connectivity index (χ2v) is 6.63. The Bertz CT molecular complexity index is 1090. The normalized spacial score (nSPS) is 10.4. The zero-order valence-corrected chi connectivity index (χ0v) is 16.3. The second-order valence-electron chi connectivity index (χ2n) is 6.63. The lowest BCUT2D eigenvalue weighted by Crippen LogP contribution is -2.31. The molecule has 0 aliphatic carbocycles. The van der Waals surface area contributed by atoms with Crippen molar-refractivity contribution in [2.75, 3.05) is 6.54 Å². The van der Waals surface area contributed by atoms with Gasteiger partial charge in [0.05, 0.1) is 19.0 Å². The van der Waals surface area contributed by atoms with Crippen LogP contribution in [0, 0.1) is 23.0 Å². The topological polar surface area (TPSA) is 99.2 Å². The van der Waals surface area contributed by atoms with Gasteiger partial charge in [0, 0.05) is 24.7 Å². The molecule has 0 unspecified atom stereocenters. The van der Waals surface area contributed by atoms with Crippen LogP contribution >= 0.6 is 0 Å². The number of hydrogen-bond acceptors (Lipinski definition) is 5. The van der Waals surface area contributed by atoms with E-state index >= 15 is 0 Å². The molecule has 1 aromatic heterocycles. The van der Waals surface area contributed by atoms with Crippen molar-refractivity contribution in [1.82, 2.24) is 15.4 Å². The van der Waals surface area contributed by atoms with Crippen molar-refractivity contribution < 1.29 is 22.9 Å². The SMILES string of the molecule is N#CCCN(Cc1cc(C(=O)NCc2ccc(F)cc2)no1)C(=O)c1ccc(F)cc1. The number of aromatic nitrogens is 1. The number of benzene rings is 2. The van der Waals surface area contributed by atoms with Gasteiger partial charge in [0.15, 0.2) is 11.5 Å². The molecule has 0 saturated heterocycles. The van der Waals surface area contributed by atoms with E-state index in [1.807, 2.05) is 6.07 Å². The first kappa shape index (κ1) is 21.6. The highest BCUT2D eigenvalue weighted by molar-refractivity contribution is 5.94. The number of carbonyl (C=O) groups is 2. The van der Waals surface area contributed by atoms with Crippen LogP contribution in [0.15, 0.2) is 59.1 Å². The van der Waals surface area contributed by atoms with E-state index in [1.54, 1.807) is 12.1 Å². The van der Waals surface area contributed by atoms with Gasteiger partial charge in [-0.15, -0.1) is 0 Å². The average Bonchev–Trinajstić information content (AvgIpc) is 3.25. The summed E-state index contributed by atoms with van der Waals surface area (Å²) in [6.07, 6.45) is 0.0894. The number of amides is 2. The van der Waals surface area contributed by atoms with Gasteiger partial charge in [-0.25, -0.2) is 8.78 Å². The molecule has 3 aromatic rings. The molecule has 0 atom stereocenters.